The van der Waals surface area contributed by atoms with Crippen LogP contribution in [0.25, 0.3) is 0 Å². The van der Waals surface area contributed by atoms with Gasteiger partial charge in [0, 0.05) is 6.08 Å². The maximum Gasteiger partial charge on any atom is 0.330 e. The molecule has 0 aromatic heterocycles. The Labute approximate surface area is 159 Å². The van der Waals surface area contributed by atoms with Gasteiger partial charge in [0.25, 0.3) is 0 Å². The third-order valence-corrected chi connectivity index (χ3v) is 5.87. The van der Waals surface area contributed by atoms with Crippen LogP contribution in [0.15, 0.2) is 58.7 Å². The smallest absolute Gasteiger partial charge is 0.330 e. The van der Waals surface area contributed by atoms with Crippen LogP contribution in [-0.4, -0.2) is 12.6 Å². The lowest BCUT2D eigenvalue weighted by atomic mass is 9.67. The van der Waals surface area contributed by atoms with E-state index in [0.29, 0.717) is 12.0 Å². The molecular formula is C24H34O2. The molecule has 2 aliphatic rings. The first kappa shape index (κ1) is 20.5. The molecule has 0 unspecified atom stereocenters. The standard InChI is InChI=1S/C24H34O2/c1-7-26-22(25)17-19(3)10-8-9-18(2)11-12-21-20(4)24(15-16-24)14-13-23(21,5)6/h8-12,17H,7,13-16H2,1-6H3/b10-8+,12-11+,18-9+,19-17+. The quantitative estimate of drug-likeness (QED) is 0.310. The summed E-state index contributed by atoms with van der Waals surface area (Å²) in [5.74, 6) is -0.286. The van der Waals surface area contributed by atoms with Gasteiger partial charge in [-0.15, -0.1) is 0 Å². The maximum absolute atomic E-state index is 11.4. The second-order valence-electron chi connectivity index (χ2n) is 8.45. The number of carbonyl (C=O) groups is 1. The summed E-state index contributed by atoms with van der Waals surface area (Å²) in [6.07, 6.45) is 17.4. The first-order chi connectivity index (χ1) is 12.2. The summed E-state index contributed by atoms with van der Waals surface area (Å²) in [5.41, 5.74) is 6.03. The van der Waals surface area contributed by atoms with E-state index in [1.807, 2.05) is 26.0 Å². The Bertz CT molecular complexity index is 692. The first-order valence-electron chi connectivity index (χ1n) is 9.80. The highest BCUT2D eigenvalue weighted by molar-refractivity contribution is 5.83. The van der Waals surface area contributed by atoms with Gasteiger partial charge in [-0.3, -0.25) is 0 Å². The van der Waals surface area contributed by atoms with Crippen LogP contribution in [0.4, 0.5) is 0 Å². The fourth-order valence-corrected chi connectivity index (χ4v) is 3.83. The van der Waals surface area contributed by atoms with E-state index in [4.69, 9.17) is 4.74 Å². The van der Waals surface area contributed by atoms with Crippen LogP contribution >= 0.6 is 0 Å². The molecule has 2 rings (SSSR count). The summed E-state index contributed by atoms with van der Waals surface area (Å²) < 4.78 is 4.92. The molecule has 142 valence electrons. The van der Waals surface area contributed by atoms with Gasteiger partial charge in [-0.1, -0.05) is 55.4 Å². The largest absolute Gasteiger partial charge is 0.463 e. The average molecular weight is 355 g/mol. The molecule has 0 saturated heterocycles. The van der Waals surface area contributed by atoms with E-state index in [2.05, 4.69) is 45.9 Å². The van der Waals surface area contributed by atoms with E-state index >= 15 is 0 Å². The molecule has 0 aromatic carbocycles. The lowest BCUT2D eigenvalue weighted by Gasteiger charge is -2.38. The van der Waals surface area contributed by atoms with Crippen molar-refractivity contribution in [3.63, 3.8) is 0 Å². The molecule has 2 heteroatoms. The number of hydrogen-bond donors (Lipinski definition) is 0. The van der Waals surface area contributed by atoms with Crippen molar-refractivity contribution in [1.29, 1.82) is 0 Å². The normalized spacial score (nSPS) is 22.5. The molecule has 1 fully saturated rings. The highest BCUT2D eigenvalue weighted by Crippen LogP contribution is 2.62. The zero-order chi connectivity index (χ0) is 19.4. The molecule has 0 radical (unpaired) electrons. The number of ether oxygens (including phenoxy) is 1. The molecule has 0 amide bonds. The molecule has 0 N–H and O–H groups in total. The SMILES string of the molecule is CCOC(=O)/C=C(C)/C=C/C=C(C)/C=C/C1=C(C)C2(CCC1(C)C)CC2. The van der Waals surface area contributed by atoms with Gasteiger partial charge in [0.05, 0.1) is 6.61 Å². The highest BCUT2D eigenvalue weighted by atomic mass is 16.5. The second kappa shape index (κ2) is 8.24. The number of allylic oxidation sites excluding steroid dienone is 9. The van der Waals surface area contributed by atoms with Crippen molar-refractivity contribution in [1.82, 2.24) is 0 Å². The second-order valence-corrected chi connectivity index (χ2v) is 8.45. The Kier molecular flexibility index (Phi) is 6.49. The fraction of sp³-hybridized carbons (Fsp3) is 0.542. The van der Waals surface area contributed by atoms with Crippen LogP contribution < -0.4 is 0 Å². The minimum atomic E-state index is -0.286. The van der Waals surface area contributed by atoms with Crippen LogP contribution in [0.2, 0.25) is 0 Å². The van der Waals surface area contributed by atoms with Crippen LogP contribution in [0.5, 0.6) is 0 Å². The van der Waals surface area contributed by atoms with Crippen LogP contribution in [-0.2, 0) is 9.53 Å². The van der Waals surface area contributed by atoms with E-state index in [1.54, 1.807) is 5.57 Å². The molecule has 1 saturated carbocycles. The van der Waals surface area contributed by atoms with Crippen molar-refractivity contribution in [2.75, 3.05) is 6.61 Å². The van der Waals surface area contributed by atoms with E-state index in [0.717, 1.165) is 5.57 Å². The Morgan fingerprint density at radius 3 is 2.35 bits per heavy atom. The summed E-state index contributed by atoms with van der Waals surface area (Å²) in [6, 6.07) is 0. The summed E-state index contributed by atoms with van der Waals surface area (Å²) in [4.78, 5) is 11.4. The summed E-state index contributed by atoms with van der Waals surface area (Å²) in [7, 11) is 0. The predicted molar refractivity (Wildman–Crippen MR) is 110 cm³/mol. The third kappa shape index (κ3) is 5.09. The number of carbonyl (C=O) groups excluding carboxylic acids is 1. The van der Waals surface area contributed by atoms with Crippen LogP contribution in [0, 0.1) is 10.8 Å². The average Bonchev–Trinajstić information content (AvgIpc) is 3.33. The first-order valence-corrected chi connectivity index (χ1v) is 9.80. The zero-order valence-electron chi connectivity index (χ0n) is 17.3. The molecule has 0 heterocycles. The summed E-state index contributed by atoms with van der Waals surface area (Å²) in [6.45, 7) is 13.3. The molecule has 2 nitrogen and oxygen atoms in total. The van der Waals surface area contributed by atoms with Crippen LogP contribution in [0.1, 0.15) is 67.2 Å². The van der Waals surface area contributed by atoms with E-state index in [-0.39, 0.29) is 11.4 Å². The monoisotopic (exact) mass is 354 g/mol. The van der Waals surface area contributed by atoms with Crippen molar-refractivity contribution in [2.45, 2.75) is 67.2 Å². The molecule has 0 aliphatic heterocycles. The van der Waals surface area contributed by atoms with E-state index < -0.39 is 0 Å². The number of hydrogen-bond acceptors (Lipinski definition) is 2. The minimum absolute atomic E-state index is 0.267. The van der Waals surface area contributed by atoms with E-state index in [9.17, 15) is 4.79 Å². The zero-order valence-corrected chi connectivity index (χ0v) is 17.3. The lowest BCUT2D eigenvalue weighted by Crippen LogP contribution is -2.25. The topological polar surface area (TPSA) is 26.3 Å². The maximum atomic E-state index is 11.4. The molecular weight excluding hydrogens is 320 g/mol. The molecule has 2 aliphatic carbocycles. The van der Waals surface area contributed by atoms with Gasteiger partial charge in [0.1, 0.15) is 0 Å². The molecule has 0 bridgehead atoms. The molecule has 26 heavy (non-hydrogen) atoms. The lowest BCUT2D eigenvalue weighted by molar-refractivity contribution is -0.137. The Morgan fingerprint density at radius 1 is 1.08 bits per heavy atom. The van der Waals surface area contributed by atoms with E-state index in [1.165, 1.54) is 42.9 Å². The molecule has 1 spiro atoms. The van der Waals surface area contributed by atoms with Gasteiger partial charge in [-0.05, 0) is 75.4 Å². The van der Waals surface area contributed by atoms with Gasteiger partial charge in [0.15, 0.2) is 0 Å². The Balaban J connectivity index is 2.06. The predicted octanol–water partition coefficient (Wildman–Crippen LogP) is 6.47. The van der Waals surface area contributed by atoms with Gasteiger partial charge in [-0.2, -0.15) is 0 Å². The Hall–Kier alpha value is -1.83. The van der Waals surface area contributed by atoms with Crippen molar-refractivity contribution < 1.29 is 9.53 Å². The number of esters is 1. The minimum Gasteiger partial charge on any atom is -0.463 e. The molecule has 0 aromatic rings. The van der Waals surface area contributed by atoms with Crippen LogP contribution in [0.3, 0.4) is 0 Å². The van der Waals surface area contributed by atoms with Gasteiger partial charge in [0.2, 0.25) is 0 Å². The third-order valence-electron chi connectivity index (χ3n) is 5.87. The van der Waals surface area contributed by atoms with Gasteiger partial charge >= 0.3 is 5.97 Å². The number of rotatable bonds is 6. The van der Waals surface area contributed by atoms with Gasteiger partial charge in [-0.25, -0.2) is 4.79 Å². The van der Waals surface area contributed by atoms with Crippen molar-refractivity contribution in [2.24, 2.45) is 10.8 Å². The highest BCUT2D eigenvalue weighted by Gasteiger charge is 2.49. The van der Waals surface area contributed by atoms with Crippen molar-refractivity contribution in [3.05, 3.63) is 58.7 Å². The Morgan fingerprint density at radius 2 is 1.73 bits per heavy atom. The van der Waals surface area contributed by atoms with Gasteiger partial charge < -0.3 is 4.74 Å². The fourth-order valence-electron chi connectivity index (χ4n) is 3.83. The molecule has 0 atom stereocenters. The van der Waals surface area contributed by atoms with Crippen molar-refractivity contribution in [3.8, 4) is 0 Å². The summed E-state index contributed by atoms with van der Waals surface area (Å²) >= 11 is 0. The summed E-state index contributed by atoms with van der Waals surface area (Å²) in [5, 5.41) is 0. The van der Waals surface area contributed by atoms with Crippen molar-refractivity contribution >= 4 is 5.97 Å².